The molecule has 3 heterocycles. The number of hydrogen-bond donors (Lipinski definition) is 2. The molecule has 2 aromatic rings. The maximum Gasteiger partial charge on any atom is 0.259 e. The molecule has 1 aliphatic rings. The highest BCUT2D eigenvalue weighted by Crippen LogP contribution is 2.13. The summed E-state index contributed by atoms with van der Waals surface area (Å²) in [6, 6.07) is 3.53. The first kappa shape index (κ1) is 15.6. The van der Waals surface area contributed by atoms with E-state index < -0.39 is 0 Å². The topological polar surface area (TPSA) is 89.0 Å². The van der Waals surface area contributed by atoms with Crippen LogP contribution in [0.25, 0.3) is 0 Å². The van der Waals surface area contributed by atoms with Crippen LogP contribution in [-0.2, 0) is 4.74 Å². The van der Waals surface area contributed by atoms with Gasteiger partial charge < -0.3 is 10.1 Å². The zero-order valence-electron chi connectivity index (χ0n) is 12.5. The first-order valence-electron chi connectivity index (χ1n) is 7.34. The highest BCUT2D eigenvalue weighted by molar-refractivity contribution is 7.13. The van der Waals surface area contributed by atoms with E-state index in [1.54, 1.807) is 23.8 Å². The van der Waals surface area contributed by atoms with Gasteiger partial charge in [-0.3, -0.25) is 10.1 Å². The normalized spacial score (nSPS) is 14.2. The molecule has 0 fully saturated rings. The summed E-state index contributed by atoms with van der Waals surface area (Å²) >= 11 is 1.27. The average Bonchev–Trinajstić information content (AvgIpc) is 3.09. The molecule has 0 bridgehead atoms. The molecule has 0 atom stereocenters. The number of pyridine rings is 1. The Balaban J connectivity index is 1.48. The van der Waals surface area contributed by atoms with Crippen molar-refractivity contribution in [3.63, 3.8) is 0 Å². The third-order valence-corrected chi connectivity index (χ3v) is 4.02. The van der Waals surface area contributed by atoms with Gasteiger partial charge in [-0.1, -0.05) is 23.0 Å². The Morgan fingerprint density at radius 2 is 2.35 bits per heavy atom. The molecule has 0 aromatic carbocycles. The zero-order chi connectivity index (χ0) is 15.9. The molecule has 0 unspecified atom stereocenters. The maximum absolute atomic E-state index is 12.0. The van der Waals surface area contributed by atoms with Gasteiger partial charge in [0.25, 0.3) is 5.91 Å². The van der Waals surface area contributed by atoms with Crippen molar-refractivity contribution >= 4 is 28.2 Å². The minimum absolute atomic E-state index is 0.242. The summed E-state index contributed by atoms with van der Waals surface area (Å²) in [5.74, 6) is 0.512. The Bertz CT molecular complexity index is 670. The van der Waals surface area contributed by atoms with E-state index >= 15 is 0 Å². The van der Waals surface area contributed by atoms with E-state index in [4.69, 9.17) is 4.74 Å². The molecule has 3 rings (SSSR count). The number of aromatic nitrogens is 3. The molecule has 1 aliphatic heterocycles. The summed E-state index contributed by atoms with van der Waals surface area (Å²) in [5.41, 5.74) is 3.46. The monoisotopic (exact) mass is 331 g/mol. The molecule has 1 amide bonds. The van der Waals surface area contributed by atoms with Gasteiger partial charge in [-0.2, -0.15) is 0 Å². The number of carbonyl (C=O) groups is 1. The van der Waals surface area contributed by atoms with Crippen molar-refractivity contribution in [2.24, 2.45) is 0 Å². The molecular formula is C15H17N5O2S. The lowest BCUT2D eigenvalue weighted by Crippen LogP contribution is -2.13. The fourth-order valence-electron chi connectivity index (χ4n) is 2.17. The molecule has 0 saturated heterocycles. The van der Waals surface area contributed by atoms with E-state index in [1.165, 1.54) is 16.9 Å². The summed E-state index contributed by atoms with van der Waals surface area (Å²) in [6.45, 7) is 2.34. The van der Waals surface area contributed by atoms with Crippen LogP contribution in [0.2, 0.25) is 0 Å². The van der Waals surface area contributed by atoms with Gasteiger partial charge in [0.15, 0.2) is 0 Å². The van der Waals surface area contributed by atoms with E-state index in [2.05, 4.69) is 31.9 Å². The SMILES string of the molecule is O=C(Nc1nncs1)c1ccc(NCCC2=CCOCC2)nc1. The summed E-state index contributed by atoms with van der Waals surface area (Å²) in [6.07, 6.45) is 5.66. The molecule has 0 aliphatic carbocycles. The maximum atomic E-state index is 12.0. The van der Waals surface area contributed by atoms with Crippen LogP contribution in [-0.4, -0.2) is 40.8 Å². The third kappa shape index (κ3) is 4.57. The smallest absolute Gasteiger partial charge is 0.259 e. The predicted molar refractivity (Wildman–Crippen MR) is 88.7 cm³/mol. The second kappa shape index (κ2) is 7.80. The highest BCUT2D eigenvalue weighted by Gasteiger charge is 2.08. The predicted octanol–water partition coefficient (Wildman–Crippen LogP) is 2.33. The van der Waals surface area contributed by atoms with E-state index in [9.17, 15) is 4.79 Å². The molecule has 23 heavy (non-hydrogen) atoms. The number of amides is 1. The summed E-state index contributed by atoms with van der Waals surface area (Å²) < 4.78 is 5.28. The lowest BCUT2D eigenvalue weighted by atomic mass is 10.1. The van der Waals surface area contributed by atoms with Gasteiger partial charge in [0.2, 0.25) is 5.13 Å². The fraction of sp³-hybridized carbons (Fsp3) is 0.333. The number of anilines is 2. The highest BCUT2D eigenvalue weighted by atomic mass is 32.1. The Kier molecular flexibility index (Phi) is 5.28. The number of nitrogens with one attached hydrogen (secondary N) is 2. The molecular weight excluding hydrogens is 314 g/mol. The Hall–Kier alpha value is -2.32. The van der Waals surface area contributed by atoms with Gasteiger partial charge in [0, 0.05) is 12.7 Å². The quantitative estimate of drug-likeness (QED) is 0.790. The van der Waals surface area contributed by atoms with Crippen LogP contribution >= 0.6 is 11.3 Å². The standard InChI is InChI=1S/C15H17N5O2S/c21-14(19-15-20-18-10-23-15)12-1-2-13(17-9-12)16-6-3-11-4-7-22-8-5-11/h1-2,4,9-10H,3,5-8H2,(H,16,17)(H,19,20,21). The number of rotatable bonds is 6. The lowest BCUT2D eigenvalue weighted by Gasteiger charge is -2.13. The zero-order valence-corrected chi connectivity index (χ0v) is 13.3. The molecule has 120 valence electrons. The number of nitrogens with zero attached hydrogens (tertiary/aromatic N) is 3. The van der Waals surface area contributed by atoms with Crippen LogP contribution in [0.5, 0.6) is 0 Å². The second-order valence-corrected chi connectivity index (χ2v) is 5.83. The Morgan fingerprint density at radius 1 is 1.39 bits per heavy atom. The first-order chi connectivity index (χ1) is 11.3. The summed E-state index contributed by atoms with van der Waals surface area (Å²) in [4.78, 5) is 16.3. The van der Waals surface area contributed by atoms with Crippen LogP contribution in [0.4, 0.5) is 10.9 Å². The van der Waals surface area contributed by atoms with Gasteiger partial charge in [0.05, 0.1) is 18.8 Å². The second-order valence-electron chi connectivity index (χ2n) is 4.99. The van der Waals surface area contributed by atoms with Crippen LogP contribution < -0.4 is 10.6 Å². The summed E-state index contributed by atoms with van der Waals surface area (Å²) in [7, 11) is 0. The van der Waals surface area contributed by atoms with E-state index in [0.717, 1.165) is 31.8 Å². The van der Waals surface area contributed by atoms with Crippen LogP contribution in [0.3, 0.4) is 0 Å². The van der Waals surface area contributed by atoms with Crippen LogP contribution in [0.15, 0.2) is 35.5 Å². The van der Waals surface area contributed by atoms with Gasteiger partial charge in [-0.05, 0) is 25.0 Å². The molecule has 0 saturated carbocycles. The van der Waals surface area contributed by atoms with Gasteiger partial charge in [0.1, 0.15) is 11.3 Å². The van der Waals surface area contributed by atoms with Crippen molar-refractivity contribution in [1.82, 2.24) is 15.2 Å². The minimum atomic E-state index is -0.242. The lowest BCUT2D eigenvalue weighted by molar-refractivity contribution is 0.102. The minimum Gasteiger partial charge on any atom is -0.377 e. The largest absolute Gasteiger partial charge is 0.377 e. The average molecular weight is 331 g/mol. The van der Waals surface area contributed by atoms with E-state index in [1.807, 2.05) is 0 Å². The number of hydrogen-bond acceptors (Lipinski definition) is 7. The van der Waals surface area contributed by atoms with Crippen molar-refractivity contribution in [3.05, 3.63) is 41.1 Å². The van der Waals surface area contributed by atoms with Crippen LogP contribution in [0.1, 0.15) is 23.2 Å². The van der Waals surface area contributed by atoms with Crippen LogP contribution in [0, 0.1) is 0 Å². The molecule has 2 aromatic heterocycles. The number of ether oxygens (including phenoxy) is 1. The van der Waals surface area contributed by atoms with Crippen molar-refractivity contribution in [2.45, 2.75) is 12.8 Å². The fourth-order valence-corrected chi connectivity index (χ4v) is 2.61. The Morgan fingerprint density at radius 3 is 3.04 bits per heavy atom. The van der Waals surface area contributed by atoms with Gasteiger partial charge in [-0.25, -0.2) is 4.98 Å². The molecule has 8 heteroatoms. The Labute approximate surface area is 137 Å². The van der Waals surface area contributed by atoms with Crippen molar-refractivity contribution in [3.8, 4) is 0 Å². The van der Waals surface area contributed by atoms with Gasteiger partial charge in [-0.15, -0.1) is 10.2 Å². The molecule has 7 nitrogen and oxygen atoms in total. The summed E-state index contributed by atoms with van der Waals surface area (Å²) in [5, 5.41) is 13.8. The number of carbonyl (C=O) groups excluding carboxylic acids is 1. The van der Waals surface area contributed by atoms with Crippen molar-refractivity contribution in [2.75, 3.05) is 30.4 Å². The molecule has 0 radical (unpaired) electrons. The van der Waals surface area contributed by atoms with Gasteiger partial charge >= 0.3 is 0 Å². The first-order valence-corrected chi connectivity index (χ1v) is 8.22. The van der Waals surface area contributed by atoms with Crippen molar-refractivity contribution < 1.29 is 9.53 Å². The van der Waals surface area contributed by atoms with Crippen molar-refractivity contribution in [1.29, 1.82) is 0 Å². The van der Waals surface area contributed by atoms with E-state index in [0.29, 0.717) is 17.3 Å². The molecule has 2 N–H and O–H groups in total. The molecule has 0 spiro atoms. The third-order valence-electron chi connectivity index (χ3n) is 3.42. The van der Waals surface area contributed by atoms with E-state index in [-0.39, 0.29) is 5.91 Å².